The van der Waals surface area contributed by atoms with E-state index in [4.69, 9.17) is 11.6 Å². The van der Waals surface area contributed by atoms with E-state index in [1.165, 1.54) is 22.9 Å². The molecule has 33 heavy (non-hydrogen) atoms. The van der Waals surface area contributed by atoms with Crippen LogP contribution in [0.15, 0.2) is 78.0 Å². The maximum Gasteiger partial charge on any atom is 0.255 e. The summed E-state index contributed by atoms with van der Waals surface area (Å²) in [5.41, 5.74) is 3.01. The zero-order valence-electron chi connectivity index (χ0n) is 18.2. The minimum Gasteiger partial charge on any atom is -0.345 e. The van der Waals surface area contributed by atoms with Gasteiger partial charge in [0.15, 0.2) is 0 Å². The SMILES string of the molecule is CNCc1ccc(Cl)cc1-c1ccc([C@@H](C)NC(=O)c2ccc(=O)n(-c3cccnc3)c2)s1. The molecule has 0 bridgehead atoms. The van der Waals surface area contributed by atoms with E-state index < -0.39 is 0 Å². The van der Waals surface area contributed by atoms with Gasteiger partial charge in [0.25, 0.3) is 11.5 Å². The lowest BCUT2D eigenvalue weighted by Crippen LogP contribution is -2.28. The number of aromatic nitrogens is 2. The Hall–Kier alpha value is -3.26. The predicted molar refractivity (Wildman–Crippen MR) is 133 cm³/mol. The average molecular weight is 479 g/mol. The van der Waals surface area contributed by atoms with Crippen LogP contribution in [0.1, 0.15) is 33.8 Å². The van der Waals surface area contributed by atoms with Gasteiger partial charge in [-0.25, -0.2) is 0 Å². The first-order valence-corrected chi connectivity index (χ1v) is 11.6. The van der Waals surface area contributed by atoms with Crippen molar-refractivity contribution in [1.82, 2.24) is 20.2 Å². The minimum atomic E-state index is -0.256. The van der Waals surface area contributed by atoms with Crippen LogP contribution in [0.2, 0.25) is 5.02 Å². The van der Waals surface area contributed by atoms with E-state index in [2.05, 4.69) is 21.7 Å². The van der Waals surface area contributed by atoms with Crippen molar-refractivity contribution in [3.8, 4) is 16.1 Å². The van der Waals surface area contributed by atoms with Gasteiger partial charge in [0.05, 0.1) is 23.5 Å². The van der Waals surface area contributed by atoms with Crippen molar-refractivity contribution in [1.29, 1.82) is 0 Å². The molecule has 1 aromatic carbocycles. The van der Waals surface area contributed by atoms with E-state index in [1.807, 2.05) is 38.2 Å². The number of amides is 1. The Kier molecular flexibility index (Phi) is 7.03. The molecule has 1 amide bonds. The fraction of sp³-hybridized carbons (Fsp3) is 0.160. The monoisotopic (exact) mass is 478 g/mol. The Morgan fingerprint density at radius 3 is 2.79 bits per heavy atom. The van der Waals surface area contributed by atoms with Gasteiger partial charge in [-0.15, -0.1) is 11.3 Å². The fourth-order valence-corrected chi connectivity index (χ4v) is 4.76. The van der Waals surface area contributed by atoms with Crippen LogP contribution in [0.4, 0.5) is 0 Å². The van der Waals surface area contributed by atoms with Gasteiger partial charge in [-0.3, -0.25) is 19.1 Å². The van der Waals surface area contributed by atoms with Gasteiger partial charge in [0, 0.05) is 39.8 Å². The second kappa shape index (κ2) is 10.1. The molecule has 0 aliphatic carbocycles. The van der Waals surface area contributed by atoms with E-state index in [0.29, 0.717) is 16.3 Å². The first-order valence-electron chi connectivity index (χ1n) is 10.4. The summed E-state index contributed by atoms with van der Waals surface area (Å²) < 4.78 is 1.41. The molecule has 0 unspecified atom stereocenters. The molecule has 0 aliphatic heterocycles. The standard InChI is InChI=1S/C25H23ClN4O2S/c1-16(22-8-9-23(33-22)21-12-19(26)7-5-17(21)13-27-2)29-25(32)18-6-10-24(31)30(15-18)20-4-3-11-28-14-20/h3-12,14-16,27H,13H2,1-2H3,(H,29,32)/t16-/m1/s1. The number of halogens is 1. The van der Waals surface area contributed by atoms with Crippen LogP contribution in [0.5, 0.6) is 0 Å². The number of thiophene rings is 1. The number of nitrogens with one attached hydrogen (secondary N) is 2. The third kappa shape index (κ3) is 5.22. The third-order valence-electron chi connectivity index (χ3n) is 5.20. The van der Waals surface area contributed by atoms with Gasteiger partial charge < -0.3 is 10.6 Å². The molecule has 2 N–H and O–H groups in total. The van der Waals surface area contributed by atoms with Crippen molar-refractivity contribution in [3.05, 3.63) is 105 Å². The molecule has 1 atom stereocenters. The van der Waals surface area contributed by atoms with Crippen molar-refractivity contribution in [2.75, 3.05) is 7.05 Å². The van der Waals surface area contributed by atoms with Crippen molar-refractivity contribution >= 4 is 28.8 Å². The van der Waals surface area contributed by atoms with Crippen LogP contribution in [-0.2, 0) is 6.54 Å². The second-order valence-electron chi connectivity index (χ2n) is 7.57. The molecule has 168 valence electrons. The Morgan fingerprint density at radius 1 is 1.18 bits per heavy atom. The Labute approximate surface area is 200 Å². The largest absolute Gasteiger partial charge is 0.345 e. The summed E-state index contributed by atoms with van der Waals surface area (Å²) in [6.45, 7) is 2.68. The quantitative estimate of drug-likeness (QED) is 0.399. The summed E-state index contributed by atoms with van der Waals surface area (Å²) in [7, 11) is 1.91. The smallest absolute Gasteiger partial charge is 0.255 e. The summed E-state index contributed by atoms with van der Waals surface area (Å²) in [5.74, 6) is -0.256. The maximum atomic E-state index is 12.9. The summed E-state index contributed by atoms with van der Waals surface area (Å²) >= 11 is 7.86. The predicted octanol–water partition coefficient (Wildman–Crippen LogP) is 4.82. The van der Waals surface area contributed by atoms with Crippen molar-refractivity contribution in [3.63, 3.8) is 0 Å². The van der Waals surface area contributed by atoms with E-state index in [9.17, 15) is 9.59 Å². The summed E-state index contributed by atoms with van der Waals surface area (Å²) in [5, 5.41) is 6.90. The first-order chi connectivity index (χ1) is 16.0. The Bertz CT molecular complexity index is 1330. The molecule has 3 heterocycles. The number of benzene rings is 1. The van der Waals surface area contributed by atoms with Crippen LogP contribution in [-0.4, -0.2) is 22.5 Å². The van der Waals surface area contributed by atoms with Gasteiger partial charge in [-0.1, -0.05) is 17.7 Å². The van der Waals surface area contributed by atoms with Gasteiger partial charge in [-0.2, -0.15) is 0 Å². The zero-order valence-corrected chi connectivity index (χ0v) is 19.8. The molecular weight excluding hydrogens is 456 g/mol. The van der Waals surface area contributed by atoms with E-state index in [1.54, 1.807) is 35.9 Å². The van der Waals surface area contributed by atoms with Gasteiger partial charge >= 0.3 is 0 Å². The molecule has 0 saturated heterocycles. The molecule has 0 aliphatic rings. The maximum absolute atomic E-state index is 12.9. The van der Waals surface area contributed by atoms with Crippen LogP contribution in [0.3, 0.4) is 0 Å². The highest BCUT2D eigenvalue weighted by molar-refractivity contribution is 7.15. The van der Waals surface area contributed by atoms with Crippen molar-refractivity contribution < 1.29 is 4.79 Å². The molecule has 4 aromatic rings. The first kappa shape index (κ1) is 22.9. The minimum absolute atomic E-state index is 0.207. The van der Waals surface area contributed by atoms with E-state index in [0.717, 1.165) is 27.4 Å². The molecule has 0 radical (unpaired) electrons. The van der Waals surface area contributed by atoms with Gasteiger partial charge in [0.2, 0.25) is 0 Å². The Balaban J connectivity index is 1.54. The lowest BCUT2D eigenvalue weighted by molar-refractivity contribution is 0.0940. The highest BCUT2D eigenvalue weighted by Crippen LogP contribution is 2.35. The van der Waals surface area contributed by atoms with Crippen LogP contribution in [0.25, 0.3) is 16.1 Å². The van der Waals surface area contributed by atoms with Crippen LogP contribution >= 0.6 is 22.9 Å². The lowest BCUT2D eigenvalue weighted by atomic mass is 10.1. The summed E-state index contributed by atoms with van der Waals surface area (Å²) in [6, 6.07) is 16.2. The molecule has 6 nitrogen and oxygen atoms in total. The molecule has 8 heteroatoms. The number of rotatable bonds is 7. The molecule has 0 spiro atoms. The zero-order chi connectivity index (χ0) is 23.4. The molecular formula is C25H23ClN4O2S. The lowest BCUT2D eigenvalue weighted by Gasteiger charge is -2.13. The van der Waals surface area contributed by atoms with E-state index in [-0.39, 0.29) is 17.5 Å². The number of pyridine rings is 2. The van der Waals surface area contributed by atoms with Gasteiger partial charge in [0.1, 0.15) is 0 Å². The summed E-state index contributed by atoms with van der Waals surface area (Å²) in [6.07, 6.45) is 4.75. The highest BCUT2D eigenvalue weighted by Gasteiger charge is 2.16. The van der Waals surface area contributed by atoms with Crippen molar-refractivity contribution in [2.24, 2.45) is 0 Å². The third-order valence-corrected chi connectivity index (χ3v) is 6.74. The number of nitrogens with zero attached hydrogens (tertiary/aromatic N) is 2. The Morgan fingerprint density at radius 2 is 2.03 bits per heavy atom. The topological polar surface area (TPSA) is 76.0 Å². The number of hydrogen-bond donors (Lipinski definition) is 2. The fourth-order valence-electron chi connectivity index (χ4n) is 3.52. The number of carbonyl (C=O) groups is 1. The molecule has 0 fully saturated rings. The number of hydrogen-bond acceptors (Lipinski definition) is 5. The molecule has 3 aromatic heterocycles. The molecule has 4 rings (SSSR count). The van der Waals surface area contributed by atoms with Crippen molar-refractivity contribution in [2.45, 2.75) is 19.5 Å². The highest BCUT2D eigenvalue weighted by atomic mass is 35.5. The summed E-state index contributed by atoms with van der Waals surface area (Å²) in [4.78, 5) is 31.3. The molecule has 0 saturated carbocycles. The van der Waals surface area contributed by atoms with Crippen LogP contribution < -0.4 is 16.2 Å². The normalized spacial score (nSPS) is 11.8. The second-order valence-corrected chi connectivity index (χ2v) is 9.12. The van der Waals surface area contributed by atoms with E-state index >= 15 is 0 Å². The van der Waals surface area contributed by atoms with Gasteiger partial charge in [-0.05, 0) is 67.6 Å². The average Bonchev–Trinajstić information content (AvgIpc) is 3.31. The van der Waals surface area contributed by atoms with Crippen LogP contribution in [0, 0.1) is 0 Å². The number of carbonyl (C=O) groups excluding carboxylic acids is 1.